The van der Waals surface area contributed by atoms with Crippen molar-refractivity contribution in [3.05, 3.63) is 119 Å². The smallest absolute Gasteiger partial charge is 0.338 e. The van der Waals surface area contributed by atoms with E-state index in [9.17, 15) is 64.2 Å². The fraction of sp³-hybridized carbons (Fsp3) is 0.509. The molecule has 2 aliphatic heterocycles. The van der Waals surface area contributed by atoms with Gasteiger partial charge in [0.05, 0.1) is 48.6 Å². The van der Waals surface area contributed by atoms with E-state index < -0.39 is 188 Å². The minimum atomic E-state index is -2.59. The van der Waals surface area contributed by atoms with Gasteiger partial charge < -0.3 is 74.4 Å². The number of aliphatic hydroxyl groups is 6. The van der Waals surface area contributed by atoms with Crippen molar-refractivity contribution < 1.29 is 102 Å². The normalized spacial score (nSPS) is 33.0. The number of esters is 5. The van der Waals surface area contributed by atoms with Gasteiger partial charge in [-0.2, -0.15) is 0 Å². The van der Waals surface area contributed by atoms with Crippen LogP contribution < -0.4 is 10.6 Å². The number of rotatable bonds is 16. The molecule has 4 fully saturated rings. The van der Waals surface area contributed by atoms with E-state index >= 15 is 4.79 Å². The Kier molecular flexibility index (Phi) is 17.2. The van der Waals surface area contributed by atoms with Crippen LogP contribution in [-0.2, 0) is 61.9 Å². The average molecular weight is 1120 g/mol. The quantitative estimate of drug-likeness (QED) is 0.0563. The predicted octanol–water partition coefficient (Wildman–Crippen LogP) is 0.983. The minimum absolute atomic E-state index is 0.0395. The molecule has 2 bridgehead atoms. The van der Waals surface area contributed by atoms with Crippen molar-refractivity contribution in [2.24, 2.45) is 16.7 Å². The van der Waals surface area contributed by atoms with Crippen molar-refractivity contribution in [2.75, 3.05) is 13.2 Å². The highest BCUT2D eigenvalue weighted by atomic mass is 16.6. The molecule has 80 heavy (non-hydrogen) atoms. The minimum Gasteiger partial charge on any atom is -0.461 e. The summed E-state index contributed by atoms with van der Waals surface area (Å²) >= 11 is 0. The molecule has 0 spiro atoms. The number of carbonyl (C=O) groups is 8. The number of hydrogen-bond acceptors (Lipinski definition) is 21. The van der Waals surface area contributed by atoms with Crippen molar-refractivity contribution in [3.8, 4) is 0 Å². The Morgan fingerprint density at radius 1 is 0.787 bits per heavy atom. The molecule has 23 heteroatoms. The molecule has 0 radical (unpaired) electrons. The third-order valence-corrected chi connectivity index (χ3v) is 16.5. The van der Waals surface area contributed by atoms with Crippen LogP contribution in [-0.4, -0.2) is 170 Å². The largest absolute Gasteiger partial charge is 0.461 e. The fourth-order valence-corrected chi connectivity index (χ4v) is 12.3. The maximum atomic E-state index is 16.3. The van der Waals surface area contributed by atoms with Crippen LogP contribution in [0, 0.1) is 16.7 Å². The van der Waals surface area contributed by atoms with Crippen molar-refractivity contribution in [3.63, 3.8) is 0 Å². The zero-order chi connectivity index (χ0) is 58.2. The Bertz CT molecular complexity index is 2880. The van der Waals surface area contributed by atoms with E-state index in [0.717, 1.165) is 13.8 Å². The van der Waals surface area contributed by atoms with E-state index in [1.54, 1.807) is 54.6 Å². The van der Waals surface area contributed by atoms with Crippen LogP contribution in [0.5, 0.6) is 0 Å². The summed E-state index contributed by atoms with van der Waals surface area (Å²) in [6, 6.07) is 20.6. The molecule has 3 unspecified atom stereocenters. The summed E-state index contributed by atoms with van der Waals surface area (Å²) in [6.07, 6.45) is -20.1. The van der Waals surface area contributed by atoms with E-state index in [4.69, 9.17) is 33.2 Å². The molecule has 8 N–H and O–H groups in total. The van der Waals surface area contributed by atoms with Gasteiger partial charge in [-0.05, 0) is 54.8 Å². The third kappa shape index (κ3) is 10.9. The molecule has 5 aliphatic rings. The van der Waals surface area contributed by atoms with E-state index in [1.807, 2.05) is 0 Å². The summed E-state index contributed by atoms with van der Waals surface area (Å²) in [4.78, 5) is 114. The van der Waals surface area contributed by atoms with Crippen LogP contribution in [0.4, 0.5) is 0 Å². The summed E-state index contributed by atoms with van der Waals surface area (Å²) in [7, 11) is 0. The SMILES string of the molecule is CC(=O)O[C@H]1C(=O)[C@@]2(C)C(C(OC(=O)c3ccccc3)[C@]3(O)C[C@H](OC(=O)[C@H](O)[C@@H](NC(=O)c4ccccc4)c4ccccc4)C(C)=C1C3(C)C)[C@]1(OC(C)=O)CO[C@@H]1C[C@@H]2OC(=O)CCC(=O)N[C@H]1[C@H](O)[C@@H](CO)OC(O)[C@@H]1O. The van der Waals surface area contributed by atoms with Crippen molar-refractivity contribution >= 4 is 47.4 Å². The zero-order valence-corrected chi connectivity index (χ0v) is 44.7. The number of amides is 2. The molecule has 2 heterocycles. The van der Waals surface area contributed by atoms with Crippen LogP contribution in [0.2, 0.25) is 0 Å². The fourth-order valence-electron chi connectivity index (χ4n) is 12.3. The average Bonchev–Trinajstić information content (AvgIpc) is 3.62. The Morgan fingerprint density at radius 2 is 1.40 bits per heavy atom. The van der Waals surface area contributed by atoms with Crippen molar-refractivity contribution in [1.82, 2.24) is 10.6 Å². The molecule has 2 saturated heterocycles. The Labute approximate surface area is 459 Å². The van der Waals surface area contributed by atoms with Gasteiger partial charge in [-0.25, -0.2) is 9.59 Å². The molecule has 23 nitrogen and oxygen atoms in total. The third-order valence-electron chi connectivity index (χ3n) is 16.5. The van der Waals surface area contributed by atoms with Crippen LogP contribution in [0.1, 0.15) is 99.5 Å². The molecule has 0 aromatic heterocycles. The summed E-state index contributed by atoms with van der Waals surface area (Å²) in [5.74, 6) is -9.80. The van der Waals surface area contributed by atoms with Gasteiger partial charge in [0.2, 0.25) is 5.91 Å². The number of Topliss-reactive ketones (excluding diaryl/α,β-unsaturated/α-hetero) is 1. The summed E-state index contributed by atoms with van der Waals surface area (Å²) in [5.41, 5.74) is -8.38. The van der Waals surface area contributed by atoms with Gasteiger partial charge in [-0.3, -0.25) is 28.8 Å². The molecule has 3 aliphatic carbocycles. The van der Waals surface area contributed by atoms with Gasteiger partial charge in [-0.15, -0.1) is 0 Å². The molecule has 16 atom stereocenters. The number of hydrogen-bond donors (Lipinski definition) is 8. The molecule has 2 amide bonds. The summed E-state index contributed by atoms with van der Waals surface area (Å²) < 4.78 is 42.0. The van der Waals surface area contributed by atoms with Crippen LogP contribution in [0.3, 0.4) is 0 Å². The maximum Gasteiger partial charge on any atom is 0.338 e. The van der Waals surface area contributed by atoms with Crippen LogP contribution in [0.25, 0.3) is 0 Å². The van der Waals surface area contributed by atoms with E-state index in [1.165, 1.54) is 64.1 Å². The zero-order valence-electron chi connectivity index (χ0n) is 44.7. The highest BCUT2D eigenvalue weighted by Gasteiger charge is 2.79. The lowest BCUT2D eigenvalue weighted by atomic mass is 9.44. The molecular formula is C57H66N2O21. The molecule has 3 aromatic rings. The molecule has 8 rings (SSSR count). The second-order valence-electron chi connectivity index (χ2n) is 21.6. The maximum absolute atomic E-state index is 16.3. The van der Waals surface area contributed by atoms with Gasteiger partial charge in [0.25, 0.3) is 5.91 Å². The summed E-state index contributed by atoms with van der Waals surface area (Å²) in [5, 5.41) is 72.0. The lowest BCUT2D eigenvalue weighted by Gasteiger charge is -2.67. The number of benzene rings is 3. The molecular weight excluding hydrogens is 1050 g/mol. The summed E-state index contributed by atoms with van der Waals surface area (Å²) in [6.45, 7) is 6.57. The Hall–Kier alpha value is -6.96. The number of fused-ring (bicyclic) bond motifs is 5. The topological polar surface area (TPSA) is 347 Å². The van der Waals surface area contributed by atoms with Gasteiger partial charge in [0, 0.05) is 44.1 Å². The number of ether oxygens (including phenoxy) is 7. The first kappa shape index (κ1) is 59.2. The number of carbonyl (C=O) groups excluding carboxylic acids is 8. The monoisotopic (exact) mass is 1110 g/mol. The van der Waals surface area contributed by atoms with E-state index in [0.29, 0.717) is 5.56 Å². The van der Waals surface area contributed by atoms with Gasteiger partial charge in [0.15, 0.2) is 29.9 Å². The lowest BCUT2D eigenvalue weighted by molar-refractivity contribution is -0.346. The Balaban J connectivity index is 1.23. The molecule has 3 aromatic carbocycles. The first-order chi connectivity index (χ1) is 37.8. The first-order valence-corrected chi connectivity index (χ1v) is 26.1. The second kappa shape index (κ2) is 23.3. The van der Waals surface area contributed by atoms with Crippen LogP contribution in [0.15, 0.2) is 102 Å². The van der Waals surface area contributed by atoms with Crippen molar-refractivity contribution in [1.29, 1.82) is 0 Å². The first-order valence-electron chi connectivity index (χ1n) is 26.1. The van der Waals surface area contributed by atoms with Crippen LogP contribution >= 0.6 is 0 Å². The highest BCUT2D eigenvalue weighted by molar-refractivity contribution is 5.97. The second-order valence-corrected chi connectivity index (χ2v) is 21.6. The molecule has 2 saturated carbocycles. The predicted molar refractivity (Wildman–Crippen MR) is 273 cm³/mol. The molecule has 430 valence electrons. The van der Waals surface area contributed by atoms with E-state index in [-0.39, 0.29) is 22.3 Å². The number of aliphatic hydroxyl groups excluding tert-OH is 5. The lowest BCUT2D eigenvalue weighted by Crippen LogP contribution is -2.82. The highest BCUT2D eigenvalue weighted by Crippen LogP contribution is 2.65. The Morgan fingerprint density at radius 3 is 1.98 bits per heavy atom. The number of nitrogens with one attached hydrogen (secondary N) is 2. The van der Waals surface area contributed by atoms with Gasteiger partial charge in [-0.1, -0.05) is 80.6 Å². The van der Waals surface area contributed by atoms with E-state index in [2.05, 4.69) is 10.6 Å². The number of ketones is 1. The van der Waals surface area contributed by atoms with Gasteiger partial charge >= 0.3 is 29.8 Å². The van der Waals surface area contributed by atoms with Gasteiger partial charge in [0.1, 0.15) is 48.3 Å². The standard InChI is InChI=1S/C57H66N2O21/c1-28-34(76-52(71)44(66)41(31-16-10-7-11-17-31)59-50(69)32-18-12-8-13-19-32)25-57(73)49(79-51(70)33-20-14-9-15-21-33)47-55(6,48(68)46(75-29(2)61)40(28)54(57,4)5)36(24-37-56(47,27-74-37)80-30(3)62)78-39(64)23-22-38(63)58-42-43(65)35(26-60)77-53(72)45(42)67/h7-21,34-37,41-47,49,53,60,65-67,72-73H,22-27H2,1-6H3,(H,58,63)(H,59,69)/t34-,35+,36-,37+,41-,42-,43+,44+,45+,46+,47?,49?,53?,55+,56-,57+/m0/s1. The van der Waals surface area contributed by atoms with Crippen molar-refractivity contribution in [2.45, 2.75) is 152 Å².